The molecule has 5 heteroatoms. The van der Waals surface area contributed by atoms with Gasteiger partial charge >= 0.3 is 11.4 Å². The minimum absolute atomic E-state index is 0.464. The van der Waals surface area contributed by atoms with E-state index in [1.165, 1.54) is 0 Å². The van der Waals surface area contributed by atoms with Gasteiger partial charge in [-0.25, -0.2) is 9.59 Å². The Balaban J connectivity index is 2.86. The van der Waals surface area contributed by atoms with Crippen molar-refractivity contribution in [3.05, 3.63) is 26.8 Å². The van der Waals surface area contributed by atoms with Crippen LogP contribution >= 0.6 is 0 Å². The van der Waals surface area contributed by atoms with Gasteiger partial charge in [0.25, 0.3) is 0 Å². The fourth-order valence-electron chi connectivity index (χ4n) is 0.901. The van der Waals surface area contributed by atoms with Crippen LogP contribution in [-0.4, -0.2) is 15.0 Å². The monoisotopic (exact) mass is 169 g/mol. The molecule has 0 unspecified atom stereocenters. The predicted octanol–water partition coefficient (Wildman–Crippen LogP) is -0.199. The lowest BCUT2D eigenvalue weighted by atomic mass is 10.2. The molecule has 0 fully saturated rings. The highest BCUT2D eigenvalue weighted by Gasteiger charge is 1.96. The van der Waals surface area contributed by atoms with E-state index in [0.29, 0.717) is 12.2 Å². The second-order valence-electron chi connectivity index (χ2n) is 2.55. The molecule has 5 nitrogen and oxygen atoms in total. The van der Waals surface area contributed by atoms with Gasteiger partial charge in [-0.1, -0.05) is 13.3 Å². The van der Waals surface area contributed by atoms with Gasteiger partial charge in [-0.3, -0.25) is 9.97 Å². The number of aromatic nitrogens is 3. The highest BCUT2D eigenvalue weighted by atomic mass is 16.2. The molecule has 2 N–H and O–H groups in total. The first-order chi connectivity index (χ1) is 5.72. The second-order valence-corrected chi connectivity index (χ2v) is 2.55. The van der Waals surface area contributed by atoms with Crippen LogP contribution in [0.5, 0.6) is 0 Å². The number of rotatable bonds is 3. The first-order valence-corrected chi connectivity index (χ1v) is 3.92. The number of aryl methyl sites for hydroxylation is 1. The topological polar surface area (TPSA) is 78.6 Å². The molecule has 0 aliphatic heterocycles. The molecule has 0 aromatic carbocycles. The molecule has 1 aromatic rings. The fourth-order valence-corrected chi connectivity index (χ4v) is 0.901. The van der Waals surface area contributed by atoms with Gasteiger partial charge in [-0.15, -0.1) is 0 Å². The zero-order chi connectivity index (χ0) is 8.97. The molecule has 1 aromatic heterocycles. The molecular weight excluding hydrogens is 158 g/mol. The average Bonchev–Trinajstić information content (AvgIpc) is 1.99. The molecule has 0 radical (unpaired) electrons. The van der Waals surface area contributed by atoms with E-state index >= 15 is 0 Å². The Morgan fingerprint density at radius 3 is 2.67 bits per heavy atom. The normalized spacial score (nSPS) is 10.1. The van der Waals surface area contributed by atoms with Crippen molar-refractivity contribution in [2.45, 2.75) is 26.2 Å². The summed E-state index contributed by atoms with van der Waals surface area (Å²) in [6.07, 6.45) is 2.58. The van der Waals surface area contributed by atoms with E-state index in [1.807, 2.05) is 11.9 Å². The van der Waals surface area contributed by atoms with E-state index < -0.39 is 11.4 Å². The van der Waals surface area contributed by atoms with Crippen LogP contribution in [0.3, 0.4) is 0 Å². The van der Waals surface area contributed by atoms with Crippen LogP contribution in [0, 0.1) is 0 Å². The van der Waals surface area contributed by atoms with Crippen LogP contribution in [0.4, 0.5) is 0 Å². The molecule has 66 valence electrons. The number of nitrogens with one attached hydrogen (secondary N) is 2. The van der Waals surface area contributed by atoms with E-state index in [1.54, 1.807) is 0 Å². The Morgan fingerprint density at radius 1 is 1.33 bits per heavy atom. The van der Waals surface area contributed by atoms with Gasteiger partial charge in [0, 0.05) is 6.42 Å². The van der Waals surface area contributed by atoms with Crippen molar-refractivity contribution in [2.24, 2.45) is 0 Å². The van der Waals surface area contributed by atoms with Gasteiger partial charge in [0.15, 0.2) is 0 Å². The lowest BCUT2D eigenvalue weighted by molar-refractivity contribution is 0.727. The Morgan fingerprint density at radius 2 is 2.08 bits per heavy atom. The minimum atomic E-state index is -0.579. The summed E-state index contributed by atoms with van der Waals surface area (Å²) >= 11 is 0. The van der Waals surface area contributed by atoms with E-state index in [2.05, 4.69) is 9.97 Å². The van der Waals surface area contributed by atoms with Gasteiger partial charge < -0.3 is 0 Å². The lowest BCUT2D eigenvalue weighted by Gasteiger charge is -1.95. The molecule has 1 rings (SSSR count). The molecule has 1 heterocycles. The Hall–Kier alpha value is -1.39. The maximum Gasteiger partial charge on any atom is 0.350 e. The first-order valence-electron chi connectivity index (χ1n) is 3.92. The summed E-state index contributed by atoms with van der Waals surface area (Å²) in [6, 6.07) is 0. The number of aromatic amines is 2. The number of hydrogen-bond acceptors (Lipinski definition) is 3. The van der Waals surface area contributed by atoms with Crippen LogP contribution < -0.4 is 11.4 Å². The quantitative estimate of drug-likeness (QED) is 0.657. The van der Waals surface area contributed by atoms with Gasteiger partial charge in [0.2, 0.25) is 0 Å². The number of H-pyrrole nitrogens is 2. The van der Waals surface area contributed by atoms with Crippen LogP contribution in [0.25, 0.3) is 0 Å². The zero-order valence-electron chi connectivity index (χ0n) is 6.89. The molecule has 0 bridgehead atoms. The van der Waals surface area contributed by atoms with Crippen molar-refractivity contribution < 1.29 is 0 Å². The highest BCUT2D eigenvalue weighted by molar-refractivity contribution is 4.81. The van der Waals surface area contributed by atoms with Crippen molar-refractivity contribution in [3.8, 4) is 0 Å². The third-order valence-electron chi connectivity index (χ3n) is 1.48. The Kier molecular flexibility index (Phi) is 2.79. The maximum absolute atomic E-state index is 10.7. The second kappa shape index (κ2) is 3.85. The van der Waals surface area contributed by atoms with Crippen LogP contribution in [0.15, 0.2) is 9.59 Å². The van der Waals surface area contributed by atoms with E-state index in [-0.39, 0.29) is 0 Å². The molecule has 0 saturated heterocycles. The largest absolute Gasteiger partial charge is 0.350 e. The van der Waals surface area contributed by atoms with Crippen LogP contribution in [0.1, 0.15) is 25.6 Å². The summed E-state index contributed by atoms with van der Waals surface area (Å²) in [5.41, 5.74) is -1.06. The average molecular weight is 169 g/mol. The van der Waals surface area contributed by atoms with E-state index in [4.69, 9.17) is 0 Å². The number of hydrogen-bond donors (Lipinski definition) is 2. The third-order valence-corrected chi connectivity index (χ3v) is 1.48. The minimum Gasteiger partial charge on any atom is -0.295 e. The van der Waals surface area contributed by atoms with Crippen LogP contribution in [-0.2, 0) is 6.42 Å². The van der Waals surface area contributed by atoms with Gasteiger partial charge in [0.1, 0.15) is 5.82 Å². The van der Waals surface area contributed by atoms with Crippen molar-refractivity contribution >= 4 is 0 Å². The third kappa shape index (κ3) is 2.34. The predicted molar refractivity (Wildman–Crippen MR) is 44.1 cm³/mol. The smallest absolute Gasteiger partial charge is 0.295 e. The zero-order valence-corrected chi connectivity index (χ0v) is 6.89. The molecule has 0 spiro atoms. The fraction of sp³-hybridized carbons (Fsp3) is 0.571. The van der Waals surface area contributed by atoms with Crippen LogP contribution in [0.2, 0.25) is 0 Å². The summed E-state index contributed by atoms with van der Waals surface area (Å²) < 4.78 is 0. The van der Waals surface area contributed by atoms with Crippen molar-refractivity contribution in [1.29, 1.82) is 0 Å². The van der Waals surface area contributed by atoms with Gasteiger partial charge in [-0.05, 0) is 6.42 Å². The molecule has 0 atom stereocenters. The molecule has 12 heavy (non-hydrogen) atoms. The van der Waals surface area contributed by atoms with Crippen molar-refractivity contribution in [2.75, 3.05) is 0 Å². The SMILES string of the molecule is CCCCc1nc(=O)[nH]c(=O)[nH]1. The molecular formula is C7H11N3O2. The van der Waals surface area contributed by atoms with E-state index in [0.717, 1.165) is 12.8 Å². The summed E-state index contributed by atoms with van der Waals surface area (Å²) in [7, 11) is 0. The Bertz CT molecular complexity index is 324. The molecule has 0 amide bonds. The van der Waals surface area contributed by atoms with E-state index in [9.17, 15) is 9.59 Å². The molecule has 0 aliphatic rings. The molecule has 0 saturated carbocycles. The number of unbranched alkanes of at least 4 members (excludes halogenated alkanes) is 1. The molecule has 0 aliphatic carbocycles. The van der Waals surface area contributed by atoms with Crippen molar-refractivity contribution in [1.82, 2.24) is 15.0 Å². The standard InChI is InChI=1S/C7H11N3O2/c1-2-3-4-5-8-6(11)10-7(12)9-5/h2-4H2,1H3,(H2,8,9,10,11,12). The summed E-state index contributed by atoms with van der Waals surface area (Å²) in [4.78, 5) is 29.5. The van der Waals surface area contributed by atoms with Crippen molar-refractivity contribution in [3.63, 3.8) is 0 Å². The summed E-state index contributed by atoms with van der Waals surface area (Å²) in [5.74, 6) is 0.464. The maximum atomic E-state index is 10.7. The number of nitrogens with zero attached hydrogens (tertiary/aromatic N) is 1. The van der Waals surface area contributed by atoms with Gasteiger partial charge in [-0.2, -0.15) is 4.98 Å². The first kappa shape index (κ1) is 8.70. The summed E-state index contributed by atoms with van der Waals surface area (Å²) in [6.45, 7) is 2.03. The lowest BCUT2D eigenvalue weighted by Crippen LogP contribution is -2.26. The summed E-state index contributed by atoms with van der Waals surface area (Å²) in [5, 5.41) is 0. The Labute approximate surface area is 68.9 Å². The highest BCUT2D eigenvalue weighted by Crippen LogP contribution is 1.93. The van der Waals surface area contributed by atoms with Gasteiger partial charge in [0.05, 0.1) is 0 Å².